The summed E-state index contributed by atoms with van der Waals surface area (Å²) in [5.41, 5.74) is 0.174. The Hall–Kier alpha value is -2.50. The van der Waals surface area contributed by atoms with Crippen molar-refractivity contribution in [3.8, 4) is 5.75 Å². The summed E-state index contributed by atoms with van der Waals surface area (Å²) in [4.78, 5) is 11.7. The molecule has 0 bridgehead atoms. The molecule has 0 radical (unpaired) electrons. The topological polar surface area (TPSA) is 38.3 Å². The van der Waals surface area contributed by atoms with Gasteiger partial charge in [0.2, 0.25) is 0 Å². The van der Waals surface area contributed by atoms with Gasteiger partial charge in [0.15, 0.2) is 6.61 Å². The minimum Gasteiger partial charge on any atom is -0.483 e. The first-order chi connectivity index (χ1) is 11.0. The number of rotatable bonds is 6. The minimum atomic E-state index is -4.51. The van der Waals surface area contributed by atoms with E-state index >= 15 is 0 Å². The van der Waals surface area contributed by atoms with Gasteiger partial charge >= 0.3 is 6.18 Å². The Balaban J connectivity index is 1.81. The molecule has 23 heavy (non-hydrogen) atoms. The Bertz CT molecular complexity index is 642. The van der Waals surface area contributed by atoms with Crippen molar-refractivity contribution >= 4 is 5.91 Å². The van der Waals surface area contributed by atoms with Crippen LogP contribution in [0.4, 0.5) is 13.2 Å². The average Bonchev–Trinajstić information content (AvgIpc) is 2.53. The van der Waals surface area contributed by atoms with Gasteiger partial charge < -0.3 is 10.1 Å². The van der Waals surface area contributed by atoms with E-state index in [1.54, 1.807) is 0 Å². The number of carbonyl (C=O) groups excluding carboxylic acids is 1. The predicted molar refractivity (Wildman–Crippen MR) is 80.1 cm³/mol. The zero-order chi connectivity index (χ0) is 16.7. The third-order valence-corrected chi connectivity index (χ3v) is 3.13. The lowest BCUT2D eigenvalue weighted by Crippen LogP contribution is -2.30. The van der Waals surface area contributed by atoms with E-state index in [0.29, 0.717) is 13.0 Å². The first-order valence-corrected chi connectivity index (χ1v) is 7.06. The monoisotopic (exact) mass is 323 g/mol. The number of nitrogens with one attached hydrogen (secondary N) is 1. The normalized spacial score (nSPS) is 11.1. The molecule has 122 valence electrons. The second kappa shape index (κ2) is 7.67. The van der Waals surface area contributed by atoms with E-state index in [1.165, 1.54) is 18.2 Å². The maximum atomic E-state index is 12.8. The number of amides is 1. The minimum absolute atomic E-state index is 0.349. The molecule has 1 amide bonds. The first kappa shape index (κ1) is 16.9. The lowest BCUT2D eigenvalue weighted by Gasteiger charge is -2.13. The highest BCUT2D eigenvalue weighted by atomic mass is 19.4. The number of hydrogen-bond donors (Lipinski definition) is 1. The quantitative estimate of drug-likeness (QED) is 0.884. The highest BCUT2D eigenvalue weighted by Gasteiger charge is 2.34. The molecule has 0 heterocycles. The number of ether oxygens (including phenoxy) is 1. The highest BCUT2D eigenvalue weighted by Crippen LogP contribution is 2.35. The van der Waals surface area contributed by atoms with Crippen LogP contribution in [0.2, 0.25) is 0 Å². The van der Waals surface area contributed by atoms with Gasteiger partial charge in [-0.3, -0.25) is 4.79 Å². The molecule has 6 heteroatoms. The van der Waals surface area contributed by atoms with E-state index < -0.39 is 24.3 Å². The van der Waals surface area contributed by atoms with Gasteiger partial charge in [-0.05, 0) is 24.1 Å². The van der Waals surface area contributed by atoms with E-state index in [9.17, 15) is 18.0 Å². The van der Waals surface area contributed by atoms with Gasteiger partial charge in [0.1, 0.15) is 5.75 Å². The molecule has 0 aliphatic rings. The van der Waals surface area contributed by atoms with Gasteiger partial charge in [-0.25, -0.2) is 0 Å². The smallest absolute Gasteiger partial charge is 0.419 e. The summed E-state index contributed by atoms with van der Waals surface area (Å²) in [6.45, 7) is -0.0605. The summed E-state index contributed by atoms with van der Waals surface area (Å²) >= 11 is 0. The number of hydrogen-bond acceptors (Lipinski definition) is 2. The van der Waals surface area contributed by atoms with Crippen LogP contribution in [0.3, 0.4) is 0 Å². The van der Waals surface area contributed by atoms with Crippen LogP contribution in [0.25, 0.3) is 0 Å². The molecular weight excluding hydrogens is 307 g/mol. The molecule has 2 aromatic carbocycles. The van der Waals surface area contributed by atoms with Gasteiger partial charge in [-0.15, -0.1) is 0 Å². The highest BCUT2D eigenvalue weighted by molar-refractivity contribution is 5.77. The molecule has 2 rings (SSSR count). The Labute approximate surface area is 132 Å². The molecule has 0 aliphatic heterocycles. The Kier molecular flexibility index (Phi) is 5.62. The third-order valence-electron chi connectivity index (χ3n) is 3.13. The van der Waals surface area contributed by atoms with Crippen LogP contribution < -0.4 is 10.1 Å². The van der Waals surface area contributed by atoms with Crippen molar-refractivity contribution in [2.24, 2.45) is 0 Å². The molecule has 0 aromatic heterocycles. The molecule has 0 saturated carbocycles. The van der Waals surface area contributed by atoms with E-state index in [2.05, 4.69) is 5.32 Å². The lowest BCUT2D eigenvalue weighted by atomic mass is 10.1. The summed E-state index contributed by atoms with van der Waals surface area (Å²) in [7, 11) is 0. The number of carbonyl (C=O) groups is 1. The predicted octanol–water partition coefficient (Wildman–Crippen LogP) is 3.44. The van der Waals surface area contributed by atoms with Crippen molar-refractivity contribution in [2.45, 2.75) is 12.6 Å². The van der Waals surface area contributed by atoms with E-state index in [0.717, 1.165) is 11.6 Å². The van der Waals surface area contributed by atoms with Gasteiger partial charge in [0.25, 0.3) is 5.91 Å². The zero-order valence-corrected chi connectivity index (χ0v) is 12.3. The molecule has 1 N–H and O–H groups in total. The van der Waals surface area contributed by atoms with Crippen molar-refractivity contribution in [3.63, 3.8) is 0 Å². The van der Waals surface area contributed by atoms with Gasteiger partial charge in [0.05, 0.1) is 5.56 Å². The van der Waals surface area contributed by atoms with E-state index in [-0.39, 0.29) is 5.75 Å². The second-order valence-electron chi connectivity index (χ2n) is 4.87. The molecule has 0 spiro atoms. The van der Waals surface area contributed by atoms with Crippen LogP contribution in [-0.4, -0.2) is 19.1 Å². The van der Waals surface area contributed by atoms with Crippen LogP contribution in [0.1, 0.15) is 11.1 Å². The fraction of sp³-hybridized carbons (Fsp3) is 0.235. The van der Waals surface area contributed by atoms with Crippen LogP contribution in [-0.2, 0) is 17.4 Å². The van der Waals surface area contributed by atoms with Crippen LogP contribution in [0.5, 0.6) is 5.75 Å². The number of halogens is 3. The van der Waals surface area contributed by atoms with Crippen molar-refractivity contribution in [1.82, 2.24) is 5.32 Å². The number of para-hydroxylation sites is 1. The summed E-state index contributed by atoms with van der Waals surface area (Å²) in [6.07, 6.45) is -3.87. The molecule has 0 unspecified atom stereocenters. The molecule has 0 fully saturated rings. The first-order valence-electron chi connectivity index (χ1n) is 7.06. The van der Waals surface area contributed by atoms with Gasteiger partial charge in [-0.2, -0.15) is 13.2 Å². The zero-order valence-electron chi connectivity index (χ0n) is 12.3. The standard InChI is InChI=1S/C17H16F3NO2/c18-17(19,20)14-8-4-5-9-15(14)23-12-16(22)21-11-10-13-6-2-1-3-7-13/h1-9H,10-12H2,(H,21,22). The summed E-state index contributed by atoms with van der Waals surface area (Å²) in [6, 6.07) is 14.4. The second-order valence-corrected chi connectivity index (χ2v) is 4.87. The van der Waals surface area contributed by atoms with E-state index in [1.807, 2.05) is 30.3 Å². The Morgan fingerprint density at radius 1 is 1.00 bits per heavy atom. The molecule has 0 aliphatic carbocycles. The lowest BCUT2D eigenvalue weighted by molar-refractivity contribution is -0.139. The largest absolute Gasteiger partial charge is 0.483 e. The summed E-state index contributed by atoms with van der Waals surface area (Å²) in [5.74, 6) is -0.809. The summed E-state index contributed by atoms with van der Waals surface area (Å²) in [5, 5.41) is 2.61. The average molecular weight is 323 g/mol. The number of alkyl halides is 3. The molecule has 2 aromatic rings. The van der Waals surface area contributed by atoms with Crippen molar-refractivity contribution < 1.29 is 22.7 Å². The Morgan fingerprint density at radius 2 is 1.65 bits per heavy atom. The maximum Gasteiger partial charge on any atom is 0.419 e. The molecule has 0 atom stereocenters. The van der Waals surface area contributed by atoms with Gasteiger partial charge in [-0.1, -0.05) is 42.5 Å². The third kappa shape index (κ3) is 5.32. The van der Waals surface area contributed by atoms with Gasteiger partial charge in [0, 0.05) is 6.54 Å². The molecular formula is C17H16F3NO2. The van der Waals surface area contributed by atoms with Crippen LogP contribution in [0.15, 0.2) is 54.6 Å². The Morgan fingerprint density at radius 3 is 2.35 bits per heavy atom. The van der Waals surface area contributed by atoms with Crippen molar-refractivity contribution in [3.05, 3.63) is 65.7 Å². The van der Waals surface area contributed by atoms with Crippen LogP contribution in [0, 0.1) is 0 Å². The van der Waals surface area contributed by atoms with Crippen molar-refractivity contribution in [2.75, 3.05) is 13.2 Å². The van der Waals surface area contributed by atoms with Crippen LogP contribution >= 0.6 is 0 Å². The van der Waals surface area contributed by atoms with E-state index in [4.69, 9.17) is 4.74 Å². The molecule has 3 nitrogen and oxygen atoms in total. The summed E-state index contributed by atoms with van der Waals surface area (Å²) < 4.78 is 43.3. The number of benzene rings is 2. The fourth-order valence-electron chi connectivity index (χ4n) is 2.01. The van der Waals surface area contributed by atoms with Crippen molar-refractivity contribution in [1.29, 1.82) is 0 Å². The fourth-order valence-corrected chi connectivity index (χ4v) is 2.01. The SMILES string of the molecule is O=C(COc1ccccc1C(F)(F)F)NCCc1ccccc1. The molecule has 0 saturated heterocycles. The maximum absolute atomic E-state index is 12.8.